The van der Waals surface area contributed by atoms with Crippen LogP contribution in [0.25, 0.3) is 67.7 Å². The molecule has 0 unspecified atom stereocenters. The Balaban J connectivity index is 0.000000175. The van der Waals surface area contributed by atoms with Crippen molar-refractivity contribution in [2.45, 2.75) is 99.9 Å². The number of anilines is 5. The topological polar surface area (TPSA) is 402 Å². The number of sulfone groups is 1. The van der Waals surface area contributed by atoms with Crippen molar-refractivity contribution in [3.8, 4) is 34.6 Å². The second kappa shape index (κ2) is 28.0. The standard InChI is InChI=1S/C27H34BrN5O6.C16H18N6O2S.C12H10BrN5.C6H7N3O2/c1-15-11-12-16-17(13-15)32(22(34)37-25(2,3)4)21(30-16)19-20(29-14-18(28)31-19)33(23(35)38-26(5,6)7)24(36)39-27(8,9)10;1-10-2-3-11-12(8-10)20-16(19-11)14-15(17)18-9-13(21-14)22-4-6-25(23,24)7-5-22;1-6-2-3-7-8(4-6)17-12(16-7)10-11(14)15-5-9(13)18-10;1-11-6(10)4-5(7)9-3-2-8-4/h11-14H,1-10H3;2-3,8-9H,4-7H2,1H3,(H2,17,18)(H,19,20);2-5H,1H3,(H2,14,15)(H,16,17);2-3H,1H3,(H2,7,9). The quantitative estimate of drug-likeness (QED) is 0.0762. The number of methoxy groups -OCH3 is 1. The zero-order chi connectivity index (χ0) is 68.1. The van der Waals surface area contributed by atoms with Gasteiger partial charge >= 0.3 is 24.2 Å². The lowest BCUT2D eigenvalue weighted by molar-refractivity contribution is 0.0426. The fourth-order valence-electron chi connectivity index (χ4n) is 8.66. The zero-order valence-corrected chi connectivity index (χ0v) is 57.1. The number of benzene rings is 3. The van der Waals surface area contributed by atoms with Gasteiger partial charge in [-0.2, -0.15) is 4.90 Å². The normalized spacial score (nSPS) is 13.0. The van der Waals surface area contributed by atoms with E-state index in [1.807, 2.05) is 68.1 Å². The van der Waals surface area contributed by atoms with Crippen molar-refractivity contribution < 1.29 is 46.5 Å². The Hall–Kier alpha value is -9.82. The number of fused-ring (bicyclic) bond motifs is 3. The van der Waals surface area contributed by atoms with Gasteiger partial charge in [0.2, 0.25) is 0 Å². The fourth-order valence-corrected chi connectivity index (χ4v) is 10.4. The first-order valence-electron chi connectivity index (χ1n) is 28.5. The number of halogens is 2. The lowest BCUT2D eigenvalue weighted by atomic mass is 10.2. The molecular weight excluding hydrogens is 1350 g/mol. The number of rotatable bonds is 6. The van der Waals surface area contributed by atoms with E-state index in [1.165, 1.54) is 35.8 Å². The number of aromatic amines is 2. The predicted octanol–water partition coefficient (Wildman–Crippen LogP) is 10.7. The van der Waals surface area contributed by atoms with Crippen LogP contribution in [0, 0.1) is 20.8 Å². The van der Waals surface area contributed by atoms with E-state index in [4.69, 9.17) is 31.4 Å². The molecule has 11 rings (SSSR count). The second-order valence-corrected chi connectivity index (χ2v) is 27.9. The van der Waals surface area contributed by atoms with Crippen molar-refractivity contribution in [1.82, 2.24) is 69.4 Å². The highest BCUT2D eigenvalue weighted by Gasteiger charge is 2.38. The maximum absolute atomic E-state index is 13.5. The number of esters is 1. The summed E-state index contributed by atoms with van der Waals surface area (Å²) in [6.45, 7) is 21.9. The zero-order valence-electron chi connectivity index (χ0n) is 53.2. The molecule has 2 amide bonds. The van der Waals surface area contributed by atoms with Gasteiger partial charge < -0.3 is 51.0 Å². The summed E-state index contributed by atoms with van der Waals surface area (Å²) >= 11 is 6.58. The van der Waals surface area contributed by atoms with Crippen LogP contribution < -0.4 is 27.0 Å². The second-order valence-electron chi connectivity index (χ2n) is 23.9. The number of amides is 2. The average Bonchev–Trinajstić information content (AvgIpc) is 1.71. The molecule has 0 aliphatic carbocycles. The van der Waals surface area contributed by atoms with Crippen molar-refractivity contribution in [3.05, 3.63) is 117 Å². The van der Waals surface area contributed by atoms with Gasteiger partial charge in [0.15, 0.2) is 67.7 Å². The van der Waals surface area contributed by atoms with Crippen LogP contribution in [-0.4, -0.2) is 151 Å². The lowest BCUT2D eigenvalue weighted by Crippen LogP contribution is -2.44. The Kier molecular flexibility index (Phi) is 20.8. The van der Waals surface area contributed by atoms with Gasteiger partial charge in [-0.3, -0.25) is 0 Å². The summed E-state index contributed by atoms with van der Waals surface area (Å²) in [7, 11) is -1.69. The number of H-pyrrole nitrogens is 2. The van der Waals surface area contributed by atoms with Crippen LogP contribution in [0.1, 0.15) is 89.5 Å². The van der Waals surface area contributed by atoms with Crippen LogP contribution in [0.5, 0.6) is 0 Å². The molecule has 1 saturated heterocycles. The Morgan fingerprint density at radius 2 is 1.04 bits per heavy atom. The molecule has 10 aromatic rings. The molecular formula is C61H69Br2N19O10S. The largest absolute Gasteiger partial charge is 0.464 e. The number of nitrogens with one attached hydrogen (secondary N) is 2. The summed E-state index contributed by atoms with van der Waals surface area (Å²) in [6.07, 6.45) is 4.43. The number of nitrogens with zero attached hydrogens (tertiary/aromatic N) is 14. The Labute approximate surface area is 551 Å². The van der Waals surface area contributed by atoms with Gasteiger partial charge in [-0.1, -0.05) is 18.2 Å². The number of hydrogen-bond donors (Lipinski definition) is 5. The van der Waals surface area contributed by atoms with E-state index in [-0.39, 0.29) is 50.8 Å². The van der Waals surface area contributed by atoms with Crippen molar-refractivity contribution in [1.29, 1.82) is 0 Å². The number of imidazole rings is 3. The van der Waals surface area contributed by atoms with Crippen LogP contribution in [0.15, 0.2) is 94.8 Å². The highest BCUT2D eigenvalue weighted by molar-refractivity contribution is 9.10. The van der Waals surface area contributed by atoms with E-state index in [9.17, 15) is 27.6 Å². The van der Waals surface area contributed by atoms with Crippen molar-refractivity contribution in [3.63, 3.8) is 0 Å². The first kappa shape index (κ1) is 69.1. The minimum Gasteiger partial charge on any atom is -0.464 e. The maximum Gasteiger partial charge on any atom is 0.425 e. The first-order chi connectivity index (χ1) is 43.5. The maximum atomic E-state index is 13.5. The molecule has 29 nitrogen and oxygen atoms in total. The summed E-state index contributed by atoms with van der Waals surface area (Å²) in [4.78, 5) is 107. The van der Waals surface area contributed by atoms with Gasteiger partial charge in [0.05, 0.1) is 70.3 Å². The Morgan fingerprint density at radius 3 is 1.56 bits per heavy atom. The van der Waals surface area contributed by atoms with E-state index in [0.717, 1.165) is 33.2 Å². The molecule has 0 atom stereocenters. The van der Waals surface area contributed by atoms with E-state index in [1.54, 1.807) is 86.8 Å². The van der Waals surface area contributed by atoms with Gasteiger partial charge in [-0.05, 0) is 168 Å². The van der Waals surface area contributed by atoms with Crippen LogP contribution in [0.2, 0.25) is 0 Å². The number of nitrogen functional groups attached to an aromatic ring is 3. The van der Waals surface area contributed by atoms with E-state index in [2.05, 4.69) is 101 Å². The minimum atomic E-state index is -2.95. The average molecular weight is 1420 g/mol. The molecule has 7 aromatic heterocycles. The highest BCUT2D eigenvalue weighted by Crippen LogP contribution is 2.35. The lowest BCUT2D eigenvalue weighted by Gasteiger charge is -2.28. The molecule has 0 bridgehead atoms. The molecule has 3 aromatic carbocycles. The number of carbonyl (C=O) groups is 4. The molecule has 488 valence electrons. The summed E-state index contributed by atoms with van der Waals surface area (Å²) in [6, 6.07) is 17.3. The summed E-state index contributed by atoms with van der Waals surface area (Å²) in [5.41, 5.74) is 23.1. The minimum absolute atomic E-state index is 0.00534. The molecule has 0 radical (unpaired) electrons. The predicted molar refractivity (Wildman–Crippen MR) is 359 cm³/mol. The molecule has 8 heterocycles. The summed E-state index contributed by atoms with van der Waals surface area (Å²) in [5, 5.41) is 0. The Bertz CT molecular complexity index is 4540. The van der Waals surface area contributed by atoms with Gasteiger partial charge in [-0.25, -0.2) is 87.0 Å². The molecule has 32 heteroatoms. The highest BCUT2D eigenvalue weighted by atomic mass is 79.9. The van der Waals surface area contributed by atoms with Crippen LogP contribution in [-0.2, 0) is 28.8 Å². The van der Waals surface area contributed by atoms with E-state index >= 15 is 0 Å². The van der Waals surface area contributed by atoms with E-state index < -0.39 is 50.9 Å². The monoisotopic (exact) mass is 1420 g/mol. The number of aromatic nitrogens is 14. The molecule has 0 spiro atoms. The van der Waals surface area contributed by atoms with Crippen molar-refractivity contribution in [2.24, 2.45) is 0 Å². The number of imide groups is 1. The first-order valence-corrected chi connectivity index (χ1v) is 31.9. The van der Waals surface area contributed by atoms with Gasteiger partial charge in [0, 0.05) is 25.5 Å². The van der Waals surface area contributed by atoms with Gasteiger partial charge in [-0.15, -0.1) is 0 Å². The van der Waals surface area contributed by atoms with Gasteiger partial charge in [0.25, 0.3) is 0 Å². The number of aryl methyl sites for hydroxylation is 3. The number of hydrogen-bond acceptors (Lipinski definition) is 25. The molecule has 1 aliphatic heterocycles. The van der Waals surface area contributed by atoms with Crippen LogP contribution in [0.3, 0.4) is 0 Å². The third-order valence-electron chi connectivity index (χ3n) is 12.7. The third-order valence-corrected chi connectivity index (χ3v) is 15.1. The SMILES string of the molecule is COC(=O)c1nccnc1N.Cc1ccc2nc(-c3nc(Br)cnc3N(C(=O)OC(C)(C)C)C(=O)OC(C)(C)C)n(C(=O)OC(C)(C)C)c2c1.Cc1ccc2nc(-c3nc(Br)cnc3N)[nH]c2c1.Cc1ccc2nc(-c3nc(N4CCS(=O)(=O)CC4)cnc3N)[nH]c2c1. The summed E-state index contributed by atoms with van der Waals surface area (Å²) in [5.74, 6) is 1.95. The number of ether oxygens (including phenoxy) is 4. The van der Waals surface area contributed by atoms with E-state index in [0.29, 0.717) is 68.3 Å². The smallest absolute Gasteiger partial charge is 0.425 e. The summed E-state index contributed by atoms with van der Waals surface area (Å²) < 4.78 is 46.5. The van der Waals surface area contributed by atoms with Crippen molar-refractivity contribution >= 4 is 128 Å². The van der Waals surface area contributed by atoms with Crippen LogP contribution in [0.4, 0.5) is 43.5 Å². The third kappa shape index (κ3) is 17.8. The number of nitrogens with two attached hydrogens (primary N) is 3. The molecule has 93 heavy (non-hydrogen) atoms. The Morgan fingerprint density at radius 1 is 0.570 bits per heavy atom. The molecule has 8 N–H and O–H groups in total. The molecule has 1 aliphatic rings. The fraction of sp³-hybridized carbons (Fsp3) is 0.328. The molecule has 1 fully saturated rings. The van der Waals surface area contributed by atoms with Crippen molar-refractivity contribution in [2.75, 3.05) is 58.7 Å². The number of carbonyl (C=O) groups excluding carboxylic acids is 4. The molecule has 0 saturated carbocycles. The van der Waals surface area contributed by atoms with Gasteiger partial charge in [0.1, 0.15) is 37.5 Å². The van der Waals surface area contributed by atoms with Crippen LogP contribution >= 0.6 is 31.9 Å².